The standard InChI is InChI=1S/C26H33BN2O6/c1-17-21(23(30)32-6)13-19(14-22(17)28)12-20(27-34-25(2,3)26(4,5)35-27)15-29-24(31)33-16-18-10-8-7-9-11-18/h7-14H,15-16,28H2,1-6H3,(H,29,31). The summed E-state index contributed by atoms with van der Waals surface area (Å²) in [5, 5.41) is 2.77. The van der Waals surface area contributed by atoms with Crippen molar-refractivity contribution in [2.75, 3.05) is 19.4 Å². The summed E-state index contributed by atoms with van der Waals surface area (Å²) in [7, 11) is 0.597. The zero-order chi connectivity index (χ0) is 25.8. The van der Waals surface area contributed by atoms with Gasteiger partial charge in [-0.15, -0.1) is 0 Å². The van der Waals surface area contributed by atoms with E-state index in [-0.39, 0.29) is 13.2 Å². The summed E-state index contributed by atoms with van der Waals surface area (Å²) in [5.74, 6) is -0.482. The number of rotatable bonds is 7. The van der Waals surface area contributed by atoms with Crippen LogP contribution in [0.3, 0.4) is 0 Å². The van der Waals surface area contributed by atoms with Crippen LogP contribution in [0.5, 0.6) is 0 Å². The van der Waals surface area contributed by atoms with Gasteiger partial charge >= 0.3 is 19.2 Å². The maximum atomic E-state index is 12.4. The van der Waals surface area contributed by atoms with Gasteiger partial charge in [0, 0.05) is 12.2 Å². The smallest absolute Gasteiger partial charge is 0.465 e. The Morgan fingerprint density at radius 1 is 1.09 bits per heavy atom. The van der Waals surface area contributed by atoms with Crippen LogP contribution in [0.4, 0.5) is 10.5 Å². The minimum Gasteiger partial charge on any atom is -0.465 e. The van der Waals surface area contributed by atoms with E-state index in [1.165, 1.54) is 7.11 Å². The molecule has 2 aromatic rings. The second-order valence-corrected chi connectivity index (χ2v) is 9.50. The first-order valence-corrected chi connectivity index (χ1v) is 11.4. The number of alkyl carbamates (subject to hydrolysis) is 1. The van der Waals surface area contributed by atoms with Gasteiger partial charge in [-0.25, -0.2) is 9.59 Å². The Labute approximate surface area is 206 Å². The number of carbonyl (C=O) groups excluding carboxylic acids is 2. The number of amides is 1. The van der Waals surface area contributed by atoms with Crippen molar-refractivity contribution in [2.45, 2.75) is 52.4 Å². The summed E-state index contributed by atoms with van der Waals surface area (Å²) in [4.78, 5) is 24.6. The van der Waals surface area contributed by atoms with Crippen LogP contribution >= 0.6 is 0 Å². The van der Waals surface area contributed by atoms with E-state index in [1.807, 2.05) is 58.0 Å². The number of anilines is 1. The van der Waals surface area contributed by atoms with Gasteiger partial charge in [0.25, 0.3) is 0 Å². The molecule has 186 valence electrons. The number of nitrogens with two attached hydrogens (primary N) is 1. The van der Waals surface area contributed by atoms with Crippen molar-refractivity contribution >= 4 is 30.9 Å². The highest BCUT2D eigenvalue weighted by Gasteiger charge is 2.52. The molecule has 1 aliphatic heterocycles. The maximum absolute atomic E-state index is 12.4. The molecule has 3 rings (SSSR count). The van der Waals surface area contributed by atoms with E-state index in [4.69, 9.17) is 24.5 Å². The molecule has 1 fully saturated rings. The predicted molar refractivity (Wildman–Crippen MR) is 136 cm³/mol. The van der Waals surface area contributed by atoms with Gasteiger partial charge in [-0.1, -0.05) is 36.4 Å². The lowest BCUT2D eigenvalue weighted by atomic mass is 9.76. The van der Waals surface area contributed by atoms with E-state index in [9.17, 15) is 9.59 Å². The van der Waals surface area contributed by atoms with Crippen LogP contribution in [-0.2, 0) is 25.4 Å². The highest BCUT2D eigenvalue weighted by molar-refractivity contribution is 6.56. The molecule has 1 aliphatic rings. The quantitative estimate of drug-likeness (QED) is 0.345. The molecule has 1 amide bonds. The highest BCUT2D eigenvalue weighted by Crippen LogP contribution is 2.39. The summed E-state index contributed by atoms with van der Waals surface area (Å²) in [6.07, 6.45) is 1.22. The van der Waals surface area contributed by atoms with Gasteiger partial charge < -0.3 is 29.8 Å². The molecule has 0 aromatic heterocycles. The number of hydrogen-bond donors (Lipinski definition) is 2. The van der Waals surface area contributed by atoms with Crippen molar-refractivity contribution in [1.82, 2.24) is 5.32 Å². The molecular formula is C26H33BN2O6. The molecule has 1 heterocycles. The Hall–Kier alpha value is -3.30. The van der Waals surface area contributed by atoms with Gasteiger partial charge in [-0.2, -0.15) is 0 Å². The van der Waals surface area contributed by atoms with Crippen LogP contribution in [0.25, 0.3) is 6.08 Å². The van der Waals surface area contributed by atoms with Crippen LogP contribution in [0.1, 0.15) is 54.7 Å². The van der Waals surface area contributed by atoms with Crippen molar-refractivity contribution in [1.29, 1.82) is 0 Å². The molecule has 2 aromatic carbocycles. The van der Waals surface area contributed by atoms with Crippen molar-refractivity contribution in [2.24, 2.45) is 0 Å². The molecule has 9 heteroatoms. The van der Waals surface area contributed by atoms with E-state index in [0.29, 0.717) is 27.9 Å². The second-order valence-electron chi connectivity index (χ2n) is 9.50. The molecule has 0 saturated carbocycles. The topological polar surface area (TPSA) is 109 Å². The van der Waals surface area contributed by atoms with E-state index >= 15 is 0 Å². The van der Waals surface area contributed by atoms with E-state index in [0.717, 1.165) is 5.56 Å². The summed E-state index contributed by atoms with van der Waals surface area (Å²) in [6, 6.07) is 12.9. The third-order valence-electron chi connectivity index (χ3n) is 6.43. The first-order valence-electron chi connectivity index (χ1n) is 11.4. The van der Waals surface area contributed by atoms with Crippen molar-refractivity contribution < 1.29 is 28.4 Å². The molecule has 0 bridgehead atoms. The lowest BCUT2D eigenvalue weighted by Gasteiger charge is -2.32. The molecular weight excluding hydrogens is 447 g/mol. The molecule has 0 unspecified atom stereocenters. The Balaban J connectivity index is 1.85. The molecule has 0 radical (unpaired) electrons. The fourth-order valence-corrected chi connectivity index (χ4v) is 3.52. The maximum Gasteiger partial charge on any atom is 0.492 e. The number of hydrogen-bond acceptors (Lipinski definition) is 7. The number of nitrogens with one attached hydrogen (secondary N) is 1. The van der Waals surface area contributed by atoms with E-state index in [1.54, 1.807) is 25.1 Å². The number of esters is 1. The zero-order valence-corrected chi connectivity index (χ0v) is 21.1. The van der Waals surface area contributed by atoms with E-state index < -0.39 is 30.4 Å². The third kappa shape index (κ3) is 6.23. The fourth-order valence-electron chi connectivity index (χ4n) is 3.52. The van der Waals surface area contributed by atoms with Crippen LogP contribution in [0, 0.1) is 6.92 Å². The summed E-state index contributed by atoms with van der Waals surface area (Å²) in [5.41, 5.74) is 8.62. The molecule has 0 atom stereocenters. The fraction of sp³-hybridized carbons (Fsp3) is 0.385. The van der Waals surface area contributed by atoms with Crippen molar-refractivity contribution in [3.8, 4) is 0 Å². The molecule has 0 aliphatic carbocycles. The van der Waals surface area contributed by atoms with Gasteiger partial charge in [0.1, 0.15) is 6.61 Å². The first kappa shape index (κ1) is 26.3. The van der Waals surface area contributed by atoms with Gasteiger partial charge in [0.15, 0.2) is 0 Å². The van der Waals surface area contributed by atoms with Gasteiger partial charge in [0.05, 0.1) is 23.9 Å². The van der Waals surface area contributed by atoms with Crippen LogP contribution in [0.2, 0.25) is 0 Å². The van der Waals surface area contributed by atoms with E-state index in [2.05, 4.69) is 5.32 Å². The third-order valence-corrected chi connectivity index (χ3v) is 6.43. The SMILES string of the molecule is COC(=O)c1cc(C=C(CNC(=O)OCc2ccccc2)B2OC(C)(C)C(C)(C)O2)cc(N)c1C. The van der Waals surface area contributed by atoms with Gasteiger partial charge in [0.2, 0.25) is 0 Å². The number of methoxy groups -OCH3 is 1. The Bertz CT molecular complexity index is 1100. The second kappa shape index (κ2) is 10.5. The minimum absolute atomic E-state index is 0.103. The average Bonchev–Trinajstić information content (AvgIpc) is 3.04. The number of nitrogen functional groups attached to an aromatic ring is 1. The molecule has 1 saturated heterocycles. The predicted octanol–water partition coefficient (Wildman–Crippen LogP) is 4.31. The summed E-state index contributed by atoms with van der Waals surface area (Å²) >= 11 is 0. The highest BCUT2D eigenvalue weighted by atomic mass is 16.7. The molecule has 0 spiro atoms. The molecule has 8 nitrogen and oxygen atoms in total. The normalized spacial score (nSPS) is 16.6. The average molecular weight is 480 g/mol. The van der Waals surface area contributed by atoms with Crippen molar-refractivity contribution in [3.63, 3.8) is 0 Å². The van der Waals surface area contributed by atoms with Gasteiger partial charge in [-0.3, -0.25) is 0 Å². The number of carbonyl (C=O) groups is 2. The summed E-state index contributed by atoms with van der Waals surface area (Å²) < 4.78 is 22.6. The summed E-state index contributed by atoms with van der Waals surface area (Å²) in [6.45, 7) is 9.81. The lowest BCUT2D eigenvalue weighted by Crippen LogP contribution is -2.41. The Morgan fingerprint density at radius 2 is 1.71 bits per heavy atom. The van der Waals surface area contributed by atoms with Gasteiger partial charge in [-0.05, 0) is 68.9 Å². The Morgan fingerprint density at radius 3 is 2.31 bits per heavy atom. The van der Waals surface area contributed by atoms with Crippen LogP contribution in [0.15, 0.2) is 47.9 Å². The van der Waals surface area contributed by atoms with Crippen LogP contribution in [-0.4, -0.2) is 44.0 Å². The molecule has 35 heavy (non-hydrogen) atoms. The molecule has 3 N–H and O–H groups in total. The monoisotopic (exact) mass is 480 g/mol. The zero-order valence-electron chi connectivity index (χ0n) is 21.1. The number of ether oxygens (including phenoxy) is 2. The first-order chi connectivity index (χ1) is 16.4. The Kier molecular flexibility index (Phi) is 7.92. The van der Waals surface area contributed by atoms with Crippen molar-refractivity contribution in [3.05, 3.63) is 70.2 Å². The minimum atomic E-state index is -0.724. The largest absolute Gasteiger partial charge is 0.492 e. The number of benzene rings is 2. The van der Waals surface area contributed by atoms with Crippen LogP contribution < -0.4 is 11.1 Å². The lowest BCUT2D eigenvalue weighted by molar-refractivity contribution is 0.00578.